The summed E-state index contributed by atoms with van der Waals surface area (Å²) in [5.74, 6) is -0.400. The molecule has 0 radical (unpaired) electrons. The van der Waals surface area contributed by atoms with Crippen LogP contribution in [0.25, 0.3) is 0 Å². The zero-order valence-corrected chi connectivity index (χ0v) is 13.1. The molecule has 0 saturated heterocycles. The van der Waals surface area contributed by atoms with Gasteiger partial charge in [0.1, 0.15) is 5.82 Å². The molecule has 0 atom stereocenters. The van der Waals surface area contributed by atoms with Gasteiger partial charge in [0.15, 0.2) is 0 Å². The Bertz CT molecular complexity index is 578. The molecule has 2 rings (SSSR count). The van der Waals surface area contributed by atoms with Crippen LogP contribution < -0.4 is 4.72 Å². The van der Waals surface area contributed by atoms with Crippen LogP contribution in [0.5, 0.6) is 0 Å². The van der Waals surface area contributed by atoms with Crippen molar-refractivity contribution in [2.24, 2.45) is 5.41 Å². The summed E-state index contributed by atoms with van der Waals surface area (Å²) in [5, 5.41) is 0. The Labute approximate surface area is 120 Å². The van der Waals surface area contributed by atoms with Gasteiger partial charge in [-0.15, -0.1) is 0 Å². The molecule has 1 N–H and O–H groups in total. The molecule has 1 fully saturated rings. The molecule has 0 heterocycles. The van der Waals surface area contributed by atoms with E-state index < -0.39 is 15.8 Å². The van der Waals surface area contributed by atoms with Crippen LogP contribution in [0.15, 0.2) is 17.0 Å². The van der Waals surface area contributed by atoms with Crippen LogP contribution in [0.4, 0.5) is 4.39 Å². The molecular weight excluding hydrogens is 277 g/mol. The summed E-state index contributed by atoms with van der Waals surface area (Å²) in [6, 6.07) is 2.53. The standard InChI is InChI=1S/C15H22FNO2S/c1-4-15(6-5-7-15)10-17-20(18,19)14-11(2)8-13(16)9-12(14)3/h8-9,17H,4-7,10H2,1-3H3. The number of benzene rings is 1. The normalized spacial score (nSPS) is 17.8. The first-order valence-electron chi connectivity index (χ1n) is 7.06. The highest BCUT2D eigenvalue weighted by atomic mass is 32.2. The average Bonchev–Trinajstić information content (AvgIpc) is 2.25. The van der Waals surface area contributed by atoms with Gasteiger partial charge in [-0.25, -0.2) is 17.5 Å². The maximum Gasteiger partial charge on any atom is 0.241 e. The van der Waals surface area contributed by atoms with Crippen LogP contribution >= 0.6 is 0 Å². The number of nitrogens with one attached hydrogen (secondary N) is 1. The smallest absolute Gasteiger partial charge is 0.211 e. The minimum absolute atomic E-state index is 0.120. The molecule has 1 aromatic carbocycles. The Morgan fingerprint density at radius 3 is 2.20 bits per heavy atom. The van der Waals surface area contributed by atoms with E-state index in [1.165, 1.54) is 18.6 Å². The Balaban J connectivity index is 2.23. The molecule has 112 valence electrons. The van der Waals surface area contributed by atoms with Crippen LogP contribution in [0, 0.1) is 25.1 Å². The number of aryl methyl sites for hydroxylation is 2. The molecule has 3 nitrogen and oxygen atoms in total. The molecule has 1 aliphatic rings. The first-order chi connectivity index (χ1) is 9.30. The summed E-state index contributed by atoms with van der Waals surface area (Å²) in [6.07, 6.45) is 4.31. The molecule has 1 saturated carbocycles. The van der Waals surface area contributed by atoms with Crippen molar-refractivity contribution in [1.29, 1.82) is 0 Å². The van der Waals surface area contributed by atoms with Gasteiger partial charge < -0.3 is 0 Å². The summed E-state index contributed by atoms with van der Waals surface area (Å²) in [7, 11) is -3.57. The number of rotatable bonds is 5. The molecular formula is C15H22FNO2S. The lowest BCUT2D eigenvalue weighted by Gasteiger charge is -2.41. The van der Waals surface area contributed by atoms with Gasteiger partial charge in [-0.3, -0.25) is 0 Å². The van der Waals surface area contributed by atoms with Crippen molar-refractivity contribution in [2.45, 2.75) is 51.3 Å². The van der Waals surface area contributed by atoms with Gasteiger partial charge in [-0.1, -0.05) is 13.3 Å². The zero-order chi connectivity index (χ0) is 15.0. The maximum atomic E-state index is 13.3. The number of sulfonamides is 1. The first-order valence-corrected chi connectivity index (χ1v) is 8.54. The number of halogens is 1. The Hall–Kier alpha value is -0.940. The lowest BCUT2D eigenvalue weighted by Crippen LogP contribution is -2.41. The Morgan fingerprint density at radius 1 is 1.25 bits per heavy atom. The van der Waals surface area contributed by atoms with Crippen molar-refractivity contribution in [1.82, 2.24) is 4.72 Å². The van der Waals surface area contributed by atoms with Gasteiger partial charge in [0.25, 0.3) is 0 Å². The zero-order valence-electron chi connectivity index (χ0n) is 12.3. The predicted octanol–water partition coefficient (Wildman–Crippen LogP) is 3.30. The van der Waals surface area contributed by atoms with Crippen LogP contribution in [0.2, 0.25) is 0 Å². The third kappa shape index (κ3) is 2.88. The van der Waals surface area contributed by atoms with Crippen LogP contribution in [-0.2, 0) is 10.0 Å². The molecule has 0 amide bonds. The fourth-order valence-corrected chi connectivity index (χ4v) is 4.58. The van der Waals surface area contributed by atoms with Crippen molar-refractivity contribution in [3.05, 3.63) is 29.1 Å². The Kier molecular flexibility index (Phi) is 4.21. The van der Waals surface area contributed by atoms with Gasteiger partial charge >= 0.3 is 0 Å². The molecule has 0 aromatic heterocycles. The van der Waals surface area contributed by atoms with E-state index in [2.05, 4.69) is 11.6 Å². The summed E-state index contributed by atoms with van der Waals surface area (Å²) in [5.41, 5.74) is 1.03. The summed E-state index contributed by atoms with van der Waals surface area (Å²) >= 11 is 0. The van der Waals surface area contributed by atoms with Crippen LogP contribution in [0.1, 0.15) is 43.7 Å². The highest BCUT2D eigenvalue weighted by molar-refractivity contribution is 7.89. The SMILES string of the molecule is CCC1(CNS(=O)(=O)c2c(C)cc(F)cc2C)CCC1. The molecule has 1 aliphatic carbocycles. The van der Waals surface area contributed by atoms with E-state index in [1.807, 2.05) is 0 Å². The highest BCUT2D eigenvalue weighted by Gasteiger charge is 2.36. The van der Waals surface area contributed by atoms with E-state index in [0.29, 0.717) is 17.7 Å². The largest absolute Gasteiger partial charge is 0.241 e. The molecule has 20 heavy (non-hydrogen) atoms. The van der Waals surface area contributed by atoms with Gasteiger partial charge in [0.2, 0.25) is 10.0 Å². The topological polar surface area (TPSA) is 46.2 Å². The average molecular weight is 299 g/mol. The van der Waals surface area contributed by atoms with E-state index >= 15 is 0 Å². The monoisotopic (exact) mass is 299 g/mol. The number of hydrogen-bond acceptors (Lipinski definition) is 2. The van der Waals surface area contributed by atoms with Crippen molar-refractivity contribution >= 4 is 10.0 Å². The quantitative estimate of drug-likeness (QED) is 0.906. The molecule has 1 aromatic rings. The summed E-state index contributed by atoms with van der Waals surface area (Å²) in [6.45, 7) is 5.83. The van der Waals surface area contributed by atoms with Crippen LogP contribution in [-0.4, -0.2) is 15.0 Å². The predicted molar refractivity (Wildman–Crippen MR) is 77.6 cm³/mol. The van der Waals surface area contributed by atoms with E-state index in [-0.39, 0.29) is 10.3 Å². The second kappa shape index (κ2) is 5.45. The van der Waals surface area contributed by atoms with E-state index in [9.17, 15) is 12.8 Å². The van der Waals surface area contributed by atoms with Crippen molar-refractivity contribution in [3.63, 3.8) is 0 Å². The van der Waals surface area contributed by atoms with Gasteiger partial charge in [0.05, 0.1) is 4.90 Å². The summed E-state index contributed by atoms with van der Waals surface area (Å²) < 4.78 is 40.9. The minimum Gasteiger partial charge on any atom is -0.211 e. The fraction of sp³-hybridized carbons (Fsp3) is 0.600. The third-order valence-electron chi connectivity index (χ3n) is 4.50. The van der Waals surface area contributed by atoms with Crippen molar-refractivity contribution in [2.75, 3.05) is 6.54 Å². The molecule has 5 heteroatoms. The fourth-order valence-electron chi connectivity index (χ4n) is 2.97. The van der Waals surface area contributed by atoms with Crippen molar-refractivity contribution < 1.29 is 12.8 Å². The Morgan fingerprint density at radius 2 is 1.80 bits per heavy atom. The van der Waals surface area contributed by atoms with E-state index in [1.54, 1.807) is 13.8 Å². The van der Waals surface area contributed by atoms with E-state index in [0.717, 1.165) is 19.3 Å². The second-order valence-corrected chi connectivity index (χ2v) is 7.60. The lowest BCUT2D eigenvalue weighted by atomic mass is 9.67. The second-order valence-electron chi connectivity index (χ2n) is 5.90. The first kappa shape index (κ1) is 15.4. The van der Waals surface area contributed by atoms with Gasteiger partial charge in [0, 0.05) is 6.54 Å². The lowest BCUT2D eigenvalue weighted by molar-refractivity contribution is 0.133. The third-order valence-corrected chi connectivity index (χ3v) is 6.20. The molecule has 0 bridgehead atoms. The van der Waals surface area contributed by atoms with Crippen molar-refractivity contribution in [3.8, 4) is 0 Å². The summed E-state index contributed by atoms with van der Waals surface area (Å²) in [4.78, 5) is 0.212. The van der Waals surface area contributed by atoms with Gasteiger partial charge in [-0.2, -0.15) is 0 Å². The maximum absolute atomic E-state index is 13.3. The minimum atomic E-state index is -3.57. The molecule has 0 aliphatic heterocycles. The molecule has 0 unspecified atom stereocenters. The molecule has 0 spiro atoms. The number of hydrogen-bond donors (Lipinski definition) is 1. The highest BCUT2D eigenvalue weighted by Crippen LogP contribution is 2.43. The van der Waals surface area contributed by atoms with Gasteiger partial charge in [-0.05, 0) is 61.8 Å². The van der Waals surface area contributed by atoms with Crippen LogP contribution in [0.3, 0.4) is 0 Å². The van der Waals surface area contributed by atoms with E-state index in [4.69, 9.17) is 0 Å².